The Morgan fingerprint density at radius 1 is 1.29 bits per heavy atom. The van der Waals surface area contributed by atoms with Crippen molar-refractivity contribution in [1.82, 2.24) is 9.80 Å². The van der Waals surface area contributed by atoms with E-state index in [9.17, 15) is 4.79 Å². The van der Waals surface area contributed by atoms with E-state index in [0.29, 0.717) is 5.91 Å². The second-order valence-corrected chi connectivity index (χ2v) is 5.38. The van der Waals surface area contributed by atoms with Crippen LogP contribution in [-0.2, 0) is 4.79 Å². The Bertz CT molecular complexity index is 269. The van der Waals surface area contributed by atoms with Gasteiger partial charge < -0.3 is 10.6 Å². The van der Waals surface area contributed by atoms with E-state index in [1.54, 1.807) is 0 Å². The molecular weight excluding hydrogens is 214 g/mol. The van der Waals surface area contributed by atoms with Gasteiger partial charge in [0.05, 0.1) is 6.04 Å². The first-order valence-electron chi connectivity index (χ1n) is 7.00. The summed E-state index contributed by atoms with van der Waals surface area (Å²) in [4.78, 5) is 16.8. The molecule has 2 heterocycles. The minimum atomic E-state index is 0.139. The Hall–Kier alpha value is -0.610. The van der Waals surface area contributed by atoms with Crippen molar-refractivity contribution in [3.63, 3.8) is 0 Å². The number of nitrogens with zero attached hydrogens (tertiary/aromatic N) is 2. The molecular formula is C13H25N3O. The van der Waals surface area contributed by atoms with Gasteiger partial charge in [-0.3, -0.25) is 9.69 Å². The molecule has 0 radical (unpaired) electrons. The highest BCUT2D eigenvalue weighted by atomic mass is 16.2. The van der Waals surface area contributed by atoms with Crippen molar-refractivity contribution in [2.75, 3.05) is 26.2 Å². The van der Waals surface area contributed by atoms with Crippen LogP contribution in [0.3, 0.4) is 0 Å². The fourth-order valence-corrected chi connectivity index (χ4v) is 3.08. The van der Waals surface area contributed by atoms with Crippen molar-refractivity contribution in [3.05, 3.63) is 0 Å². The number of rotatable bonds is 3. The topological polar surface area (TPSA) is 49.6 Å². The molecule has 2 N–H and O–H groups in total. The molecule has 0 unspecified atom stereocenters. The van der Waals surface area contributed by atoms with Crippen molar-refractivity contribution < 1.29 is 4.79 Å². The minimum Gasteiger partial charge on any atom is -0.340 e. The molecule has 4 heteroatoms. The molecule has 98 valence electrons. The molecule has 2 aliphatic rings. The van der Waals surface area contributed by atoms with Crippen LogP contribution in [0.4, 0.5) is 0 Å². The number of amides is 1. The van der Waals surface area contributed by atoms with Crippen LogP contribution in [0.1, 0.15) is 39.0 Å². The van der Waals surface area contributed by atoms with Gasteiger partial charge in [-0.05, 0) is 45.2 Å². The summed E-state index contributed by atoms with van der Waals surface area (Å²) < 4.78 is 0. The summed E-state index contributed by atoms with van der Waals surface area (Å²) in [6, 6.07) is 0.328. The zero-order valence-electron chi connectivity index (χ0n) is 10.9. The standard InChI is InChI=1S/C13H25N3O/c1-2-7-15-8-4-6-12(15)13(17)16-9-3-5-11(14)10-16/h11-12H,2-10,14H2,1H3/t11-,12+/m0/s1. The van der Waals surface area contributed by atoms with E-state index in [1.165, 1.54) is 0 Å². The third kappa shape index (κ3) is 2.99. The van der Waals surface area contributed by atoms with Crippen LogP contribution in [0.2, 0.25) is 0 Å². The number of hydrogen-bond donors (Lipinski definition) is 1. The first-order chi connectivity index (χ1) is 8.22. The van der Waals surface area contributed by atoms with E-state index in [4.69, 9.17) is 5.73 Å². The summed E-state index contributed by atoms with van der Waals surface area (Å²) >= 11 is 0. The van der Waals surface area contributed by atoms with Gasteiger partial charge in [0.15, 0.2) is 0 Å². The Kier molecular flexibility index (Phi) is 4.40. The monoisotopic (exact) mass is 239 g/mol. The third-order valence-corrected chi connectivity index (χ3v) is 3.93. The Balaban J connectivity index is 1.93. The van der Waals surface area contributed by atoms with Crippen molar-refractivity contribution in [3.8, 4) is 0 Å². The summed E-state index contributed by atoms with van der Waals surface area (Å²) in [5.41, 5.74) is 5.95. The van der Waals surface area contributed by atoms with Crippen molar-refractivity contribution >= 4 is 5.91 Å². The Morgan fingerprint density at radius 2 is 2.06 bits per heavy atom. The van der Waals surface area contributed by atoms with Crippen LogP contribution in [0.15, 0.2) is 0 Å². The fraction of sp³-hybridized carbons (Fsp3) is 0.923. The molecule has 2 rings (SSSR count). The number of hydrogen-bond acceptors (Lipinski definition) is 3. The molecule has 0 bridgehead atoms. The molecule has 4 nitrogen and oxygen atoms in total. The van der Waals surface area contributed by atoms with Crippen LogP contribution in [0, 0.1) is 0 Å². The number of carbonyl (C=O) groups excluding carboxylic acids is 1. The van der Waals surface area contributed by atoms with Gasteiger partial charge in [-0.2, -0.15) is 0 Å². The van der Waals surface area contributed by atoms with E-state index in [2.05, 4.69) is 11.8 Å². The SMILES string of the molecule is CCCN1CCC[C@@H]1C(=O)N1CCC[C@H](N)C1. The number of carbonyl (C=O) groups is 1. The molecule has 2 saturated heterocycles. The van der Waals surface area contributed by atoms with Gasteiger partial charge in [-0.15, -0.1) is 0 Å². The van der Waals surface area contributed by atoms with Gasteiger partial charge in [0.25, 0.3) is 0 Å². The van der Waals surface area contributed by atoms with Crippen molar-refractivity contribution in [2.24, 2.45) is 5.73 Å². The maximum Gasteiger partial charge on any atom is 0.239 e. The lowest BCUT2D eigenvalue weighted by Gasteiger charge is -2.34. The molecule has 0 aromatic rings. The quantitative estimate of drug-likeness (QED) is 0.793. The lowest BCUT2D eigenvalue weighted by molar-refractivity contribution is -0.137. The second-order valence-electron chi connectivity index (χ2n) is 5.38. The van der Waals surface area contributed by atoms with Gasteiger partial charge in [0, 0.05) is 19.1 Å². The Labute approximate surface area is 104 Å². The largest absolute Gasteiger partial charge is 0.340 e. The average Bonchev–Trinajstić information content (AvgIpc) is 2.77. The predicted molar refractivity (Wildman–Crippen MR) is 68.7 cm³/mol. The summed E-state index contributed by atoms with van der Waals surface area (Å²) in [6.07, 6.45) is 5.45. The molecule has 0 aromatic heterocycles. The van der Waals surface area contributed by atoms with Crippen LogP contribution in [0.25, 0.3) is 0 Å². The molecule has 2 fully saturated rings. The third-order valence-electron chi connectivity index (χ3n) is 3.93. The van der Waals surface area contributed by atoms with E-state index in [0.717, 1.165) is 58.3 Å². The second kappa shape index (κ2) is 5.83. The zero-order chi connectivity index (χ0) is 12.3. The van der Waals surface area contributed by atoms with E-state index in [-0.39, 0.29) is 12.1 Å². The predicted octanol–water partition coefficient (Wildman–Crippen LogP) is 0.811. The minimum absolute atomic E-state index is 0.139. The van der Waals surface area contributed by atoms with Crippen LogP contribution in [0.5, 0.6) is 0 Å². The molecule has 0 aliphatic carbocycles. The fourth-order valence-electron chi connectivity index (χ4n) is 3.08. The normalized spacial score (nSPS) is 30.8. The van der Waals surface area contributed by atoms with Gasteiger partial charge in [-0.25, -0.2) is 0 Å². The highest BCUT2D eigenvalue weighted by Gasteiger charge is 2.34. The first kappa shape index (κ1) is 12.8. The Morgan fingerprint density at radius 3 is 2.76 bits per heavy atom. The lowest BCUT2D eigenvalue weighted by atomic mass is 10.0. The number of nitrogens with two attached hydrogens (primary N) is 1. The molecule has 2 aliphatic heterocycles. The highest BCUT2D eigenvalue weighted by Crippen LogP contribution is 2.21. The maximum absolute atomic E-state index is 12.5. The van der Waals surface area contributed by atoms with Crippen LogP contribution in [-0.4, -0.2) is 54.0 Å². The lowest BCUT2D eigenvalue weighted by Crippen LogP contribution is -2.52. The summed E-state index contributed by atoms with van der Waals surface area (Å²) in [7, 11) is 0. The van der Waals surface area contributed by atoms with Crippen molar-refractivity contribution in [2.45, 2.75) is 51.1 Å². The molecule has 0 aromatic carbocycles. The summed E-state index contributed by atoms with van der Waals surface area (Å²) in [5, 5.41) is 0. The van der Waals surface area contributed by atoms with Crippen LogP contribution < -0.4 is 5.73 Å². The summed E-state index contributed by atoms with van der Waals surface area (Å²) in [6.45, 7) is 5.98. The van der Waals surface area contributed by atoms with E-state index < -0.39 is 0 Å². The average molecular weight is 239 g/mol. The smallest absolute Gasteiger partial charge is 0.239 e. The van der Waals surface area contributed by atoms with Gasteiger partial charge >= 0.3 is 0 Å². The van der Waals surface area contributed by atoms with Crippen molar-refractivity contribution in [1.29, 1.82) is 0 Å². The molecule has 17 heavy (non-hydrogen) atoms. The molecule has 2 atom stereocenters. The summed E-state index contributed by atoms with van der Waals surface area (Å²) in [5.74, 6) is 0.325. The van der Waals surface area contributed by atoms with Gasteiger partial charge in [0.1, 0.15) is 0 Å². The maximum atomic E-state index is 12.5. The highest BCUT2D eigenvalue weighted by molar-refractivity contribution is 5.82. The number of piperidine rings is 1. The van der Waals surface area contributed by atoms with E-state index in [1.807, 2.05) is 4.90 Å². The molecule has 0 saturated carbocycles. The van der Waals surface area contributed by atoms with Crippen LogP contribution >= 0.6 is 0 Å². The van der Waals surface area contributed by atoms with Gasteiger partial charge in [0.2, 0.25) is 5.91 Å². The zero-order valence-corrected chi connectivity index (χ0v) is 10.9. The first-order valence-corrected chi connectivity index (χ1v) is 7.00. The molecule has 1 amide bonds. The van der Waals surface area contributed by atoms with E-state index >= 15 is 0 Å². The number of likely N-dealkylation sites (tertiary alicyclic amines) is 2. The van der Waals surface area contributed by atoms with Gasteiger partial charge in [-0.1, -0.05) is 6.92 Å². The molecule has 0 spiro atoms.